The standard InChI is InChI=1S/C25H56O2Si2/c1-8-9-10-11-12-13-14-15-16-17-18-19-20-21-22-23-25(27-29(5,6)7)24-26-28(2,3)4/h25H,8-24H2,1-7H3. The van der Waals surface area contributed by atoms with Crippen LogP contribution in [0.25, 0.3) is 0 Å². The molecule has 0 fully saturated rings. The first-order chi connectivity index (χ1) is 13.6. The Bertz CT molecular complexity index is 348. The van der Waals surface area contributed by atoms with Crippen LogP contribution < -0.4 is 0 Å². The molecular formula is C25H56O2Si2. The van der Waals surface area contributed by atoms with Gasteiger partial charge in [0.2, 0.25) is 0 Å². The fourth-order valence-corrected chi connectivity index (χ4v) is 5.63. The Balaban J connectivity index is 3.57. The van der Waals surface area contributed by atoms with Gasteiger partial charge in [0, 0.05) is 0 Å². The highest BCUT2D eigenvalue weighted by Crippen LogP contribution is 2.18. The molecule has 2 nitrogen and oxygen atoms in total. The van der Waals surface area contributed by atoms with Crippen LogP contribution in [0.1, 0.15) is 110 Å². The first-order valence-electron chi connectivity index (χ1n) is 13.0. The minimum Gasteiger partial charge on any atom is -0.415 e. The molecule has 0 aromatic rings. The molecule has 0 saturated carbocycles. The van der Waals surface area contributed by atoms with Crippen molar-refractivity contribution in [3.05, 3.63) is 0 Å². The number of hydrogen-bond donors (Lipinski definition) is 0. The second-order valence-corrected chi connectivity index (χ2v) is 20.0. The zero-order valence-electron chi connectivity index (χ0n) is 21.4. The molecule has 1 atom stereocenters. The Morgan fingerprint density at radius 1 is 0.517 bits per heavy atom. The van der Waals surface area contributed by atoms with Crippen LogP contribution in [-0.4, -0.2) is 29.3 Å². The van der Waals surface area contributed by atoms with E-state index in [-0.39, 0.29) is 0 Å². The van der Waals surface area contributed by atoms with E-state index in [1.165, 1.54) is 103 Å². The van der Waals surface area contributed by atoms with Crippen LogP contribution in [0.2, 0.25) is 39.3 Å². The highest BCUT2D eigenvalue weighted by atomic mass is 28.4. The molecule has 176 valence electrons. The summed E-state index contributed by atoms with van der Waals surface area (Å²) in [6, 6.07) is 0. The molecule has 0 rings (SSSR count). The highest BCUT2D eigenvalue weighted by Gasteiger charge is 2.23. The second-order valence-electron chi connectivity index (χ2n) is 11.0. The van der Waals surface area contributed by atoms with Crippen molar-refractivity contribution >= 4 is 16.6 Å². The molecule has 0 radical (unpaired) electrons. The molecule has 0 aliphatic rings. The van der Waals surface area contributed by atoms with Crippen molar-refractivity contribution in [1.82, 2.24) is 0 Å². The van der Waals surface area contributed by atoms with Crippen LogP contribution in [0.4, 0.5) is 0 Å². The van der Waals surface area contributed by atoms with Gasteiger partial charge >= 0.3 is 0 Å². The van der Waals surface area contributed by atoms with Crippen molar-refractivity contribution in [2.45, 2.75) is 155 Å². The van der Waals surface area contributed by atoms with E-state index >= 15 is 0 Å². The molecule has 0 N–H and O–H groups in total. The molecule has 0 heterocycles. The van der Waals surface area contributed by atoms with Crippen molar-refractivity contribution in [3.8, 4) is 0 Å². The summed E-state index contributed by atoms with van der Waals surface area (Å²) >= 11 is 0. The number of hydrogen-bond acceptors (Lipinski definition) is 2. The summed E-state index contributed by atoms with van der Waals surface area (Å²) in [5.74, 6) is 0. The van der Waals surface area contributed by atoms with Gasteiger partial charge in [-0.3, -0.25) is 0 Å². The quantitative estimate of drug-likeness (QED) is 0.130. The van der Waals surface area contributed by atoms with E-state index < -0.39 is 16.6 Å². The maximum absolute atomic E-state index is 6.39. The summed E-state index contributed by atoms with van der Waals surface area (Å²) < 4.78 is 12.5. The van der Waals surface area contributed by atoms with Crippen LogP contribution >= 0.6 is 0 Å². The Labute approximate surface area is 187 Å². The molecule has 0 aromatic heterocycles. The molecule has 29 heavy (non-hydrogen) atoms. The van der Waals surface area contributed by atoms with Gasteiger partial charge in [0.25, 0.3) is 0 Å². The van der Waals surface area contributed by atoms with Crippen LogP contribution in [0, 0.1) is 0 Å². The predicted molar refractivity (Wildman–Crippen MR) is 137 cm³/mol. The Hall–Kier alpha value is 0.354. The third-order valence-electron chi connectivity index (χ3n) is 5.35. The summed E-state index contributed by atoms with van der Waals surface area (Å²) in [6.07, 6.45) is 22.8. The largest absolute Gasteiger partial charge is 0.415 e. The lowest BCUT2D eigenvalue weighted by Gasteiger charge is -2.29. The summed E-state index contributed by atoms with van der Waals surface area (Å²) in [5.41, 5.74) is 0. The third-order valence-corrected chi connectivity index (χ3v) is 7.43. The van der Waals surface area contributed by atoms with Crippen LogP contribution in [-0.2, 0) is 8.85 Å². The zero-order valence-corrected chi connectivity index (χ0v) is 23.4. The van der Waals surface area contributed by atoms with Crippen molar-refractivity contribution in [2.24, 2.45) is 0 Å². The van der Waals surface area contributed by atoms with Gasteiger partial charge in [0.05, 0.1) is 12.7 Å². The van der Waals surface area contributed by atoms with E-state index in [0.29, 0.717) is 6.10 Å². The molecular weight excluding hydrogens is 388 g/mol. The SMILES string of the molecule is CCCCCCCCCCCCCCCCCC(CO[Si](C)(C)C)O[Si](C)(C)C. The second kappa shape index (κ2) is 18.0. The van der Waals surface area contributed by atoms with Gasteiger partial charge in [-0.15, -0.1) is 0 Å². The summed E-state index contributed by atoms with van der Waals surface area (Å²) in [5, 5.41) is 0. The van der Waals surface area contributed by atoms with Crippen molar-refractivity contribution in [2.75, 3.05) is 6.61 Å². The van der Waals surface area contributed by atoms with Crippen LogP contribution in [0.15, 0.2) is 0 Å². The van der Waals surface area contributed by atoms with E-state index in [1.807, 2.05) is 0 Å². The summed E-state index contributed by atoms with van der Waals surface area (Å²) in [7, 11) is -2.94. The molecule has 0 aromatic carbocycles. The fraction of sp³-hybridized carbons (Fsp3) is 1.00. The Morgan fingerprint density at radius 2 is 0.897 bits per heavy atom. The minimum absolute atomic E-state index is 0.315. The van der Waals surface area contributed by atoms with Gasteiger partial charge in [0.15, 0.2) is 16.6 Å². The smallest absolute Gasteiger partial charge is 0.184 e. The Morgan fingerprint density at radius 3 is 1.24 bits per heavy atom. The maximum Gasteiger partial charge on any atom is 0.184 e. The number of rotatable bonds is 21. The average molecular weight is 445 g/mol. The van der Waals surface area contributed by atoms with Crippen molar-refractivity contribution < 1.29 is 8.85 Å². The molecule has 0 saturated heterocycles. The molecule has 0 bridgehead atoms. The van der Waals surface area contributed by atoms with E-state index in [2.05, 4.69) is 46.2 Å². The molecule has 0 aliphatic carbocycles. The van der Waals surface area contributed by atoms with Crippen molar-refractivity contribution in [1.29, 1.82) is 0 Å². The van der Waals surface area contributed by atoms with E-state index in [4.69, 9.17) is 8.85 Å². The van der Waals surface area contributed by atoms with Crippen LogP contribution in [0.5, 0.6) is 0 Å². The first kappa shape index (κ1) is 29.4. The third kappa shape index (κ3) is 24.5. The topological polar surface area (TPSA) is 18.5 Å². The molecule has 1 unspecified atom stereocenters. The number of unbranched alkanes of at least 4 members (excludes halogenated alkanes) is 14. The summed E-state index contributed by atoms with van der Waals surface area (Å²) in [6.45, 7) is 16.8. The fourth-order valence-electron chi connectivity index (χ4n) is 3.76. The highest BCUT2D eigenvalue weighted by molar-refractivity contribution is 6.70. The van der Waals surface area contributed by atoms with E-state index in [1.54, 1.807) is 0 Å². The van der Waals surface area contributed by atoms with Gasteiger partial charge in [-0.05, 0) is 45.7 Å². The van der Waals surface area contributed by atoms with Gasteiger partial charge in [0.1, 0.15) is 0 Å². The lowest BCUT2D eigenvalue weighted by atomic mass is 10.0. The maximum atomic E-state index is 6.39. The van der Waals surface area contributed by atoms with Crippen LogP contribution in [0.3, 0.4) is 0 Å². The predicted octanol–water partition coefficient (Wildman–Crippen LogP) is 9.32. The van der Waals surface area contributed by atoms with Crippen molar-refractivity contribution in [3.63, 3.8) is 0 Å². The monoisotopic (exact) mass is 444 g/mol. The molecule has 4 heteroatoms. The minimum atomic E-state index is -1.49. The molecule has 0 amide bonds. The van der Waals surface area contributed by atoms with Gasteiger partial charge < -0.3 is 8.85 Å². The zero-order chi connectivity index (χ0) is 22.0. The average Bonchev–Trinajstić information content (AvgIpc) is 2.61. The molecule has 0 spiro atoms. The van der Waals surface area contributed by atoms with Gasteiger partial charge in [-0.1, -0.05) is 103 Å². The normalized spacial score (nSPS) is 13.8. The van der Waals surface area contributed by atoms with E-state index in [0.717, 1.165) is 6.61 Å². The Kier molecular flexibility index (Phi) is 18.2. The van der Waals surface area contributed by atoms with Gasteiger partial charge in [-0.25, -0.2) is 0 Å². The van der Waals surface area contributed by atoms with Gasteiger partial charge in [-0.2, -0.15) is 0 Å². The molecule has 0 aliphatic heterocycles. The first-order valence-corrected chi connectivity index (χ1v) is 19.8. The summed E-state index contributed by atoms with van der Waals surface area (Å²) in [4.78, 5) is 0. The lowest BCUT2D eigenvalue weighted by molar-refractivity contribution is 0.109. The van der Waals surface area contributed by atoms with E-state index in [9.17, 15) is 0 Å². The lowest BCUT2D eigenvalue weighted by Crippen LogP contribution is -2.38.